The molecule has 2 heterocycles. The maximum Gasteiger partial charge on any atom is 0.231 e. The molecule has 2 aromatic carbocycles. The van der Waals surface area contributed by atoms with Crippen LogP contribution in [0, 0.1) is 0 Å². The number of nitrogens with one attached hydrogen (secondary N) is 2. The predicted molar refractivity (Wildman–Crippen MR) is 117 cm³/mol. The van der Waals surface area contributed by atoms with Gasteiger partial charge in [-0.2, -0.15) is 0 Å². The molecule has 0 saturated carbocycles. The molecule has 4 rings (SSSR count). The maximum atomic E-state index is 12.7. The molecule has 32 heavy (non-hydrogen) atoms. The molecular formula is C23H24N4O5. The number of hydrogen-bond acceptors (Lipinski definition) is 8. The minimum atomic E-state index is -0.388. The minimum absolute atomic E-state index is 0.0470. The summed E-state index contributed by atoms with van der Waals surface area (Å²) < 4.78 is 16.0. The number of hydrogen-bond donors (Lipinski definition) is 3. The first-order valence-corrected chi connectivity index (χ1v) is 10.2. The molecule has 1 aliphatic rings. The lowest BCUT2D eigenvalue weighted by Gasteiger charge is -2.20. The lowest BCUT2D eigenvalue weighted by atomic mass is 9.87. The zero-order valence-corrected chi connectivity index (χ0v) is 17.6. The molecule has 0 bridgehead atoms. The van der Waals surface area contributed by atoms with Crippen molar-refractivity contribution in [1.82, 2.24) is 15.3 Å². The molecular weight excluding hydrogens is 412 g/mol. The third-order valence-corrected chi connectivity index (χ3v) is 5.10. The molecule has 9 nitrogen and oxygen atoms in total. The molecule has 1 atom stereocenters. The number of amides is 1. The van der Waals surface area contributed by atoms with Crippen LogP contribution in [0.4, 0.5) is 5.95 Å². The van der Waals surface area contributed by atoms with E-state index in [2.05, 4.69) is 20.6 Å². The number of phenols is 1. The molecule has 0 spiro atoms. The van der Waals surface area contributed by atoms with E-state index >= 15 is 0 Å². The number of methoxy groups -OCH3 is 1. The summed E-state index contributed by atoms with van der Waals surface area (Å²) in [5, 5.41) is 16.6. The number of rotatable bonds is 9. The van der Waals surface area contributed by atoms with Gasteiger partial charge in [0.05, 0.1) is 7.11 Å². The van der Waals surface area contributed by atoms with E-state index in [9.17, 15) is 9.90 Å². The Labute approximate surface area is 185 Å². The Balaban J connectivity index is 1.47. The van der Waals surface area contributed by atoms with Gasteiger partial charge in [0.1, 0.15) is 11.5 Å². The monoisotopic (exact) mass is 436 g/mol. The molecule has 3 N–H and O–H groups in total. The SMILES string of the molecule is COc1ccc(C(CC(=O)NCCNc2ncccn2)c2cc3c(cc2O)OCO3)cc1. The Morgan fingerprint density at radius 1 is 1.12 bits per heavy atom. The first-order chi connectivity index (χ1) is 15.6. The van der Waals surface area contributed by atoms with Crippen LogP contribution in [0.1, 0.15) is 23.5 Å². The third kappa shape index (κ3) is 5.00. The summed E-state index contributed by atoms with van der Waals surface area (Å²) in [6, 6.07) is 12.4. The summed E-state index contributed by atoms with van der Waals surface area (Å²) in [5.41, 5.74) is 1.45. The second-order valence-electron chi connectivity index (χ2n) is 7.14. The fraction of sp³-hybridized carbons (Fsp3) is 0.261. The van der Waals surface area contributed by atoms with E-state index in [1.54, 1.807) is 31.6 Å². The highest BCUT2D eigenvalue weighted by Gasteiger charge is 2.25. The summed E-state index contributed by atoms with van der Waals surface area (Å²) in [7, 11) is 1.60. The smallest absolute Gasteiger partial charge is 0.231 e. The second kappa shape index (κ2) is 9.86. The van der Waals surface area contributed by atoms with Crippen molar-refractivity contribution in [3.8, 4) is 23.0 Å². The lowest BCUT2D eigenvalue weighted by Crippen LogP contribution is -2.30. The summed E-state index contributed by atoms with van der Waals surface area (Å²) in [4.78, 5) is 20.9. The summed E-state index contributed by atoms with van der Waals surface area (Å²) in [6.07, 6.45) is 3.43. The third-order valence-electron chi connectivity index (χ3n) is 5.10. The number of phenolic OH excluding ortho intramolecular Hbond substituents is 1. The molecule has 1 aromatic heterocycles. The number of fused-ring (bicyclic) bond motifs is 1. The molecule has 1 unspecified atom stereocenters. The van der Waals surface area contributed by atoms with E-state index in [0.717, 1.165) is 5.56 Å². The Hall–Kier alpha value is -4.01. The zero-order chi connectivity index (χ0) is 22.3. The molecule has 1 amide bonds. The quantitative estimate of drug-likeness (QED) is 0.439. The largest absolute Gasteiger partial charge is 0.508 e. The summed E-state index contributed by atoms with van der Waals surface area (Å²) in [5.74, 6) is 1.75. The number of aromatic hydroxyl groups is 1. The number of benzene rings is 2. The average molecular weight is 436 g/mol. The molecule has 0 radical (unpaired) electrons. The molecule has 1 aliphatic heterocycles. The number of carbonyl (C=O) groups excluding carboxylic acids is 1. The van der Waals surface area contributed by atoms with Crippen molar-refractivity contribution in [3.63, 3.8) is 0 Å². The normalized spacial score (nSPS) is 12.8. The van der Waals surface area contributed by atoms with Gasteiger partial charge in [-0.15, -0.1) is 0 Å². The summed E-state index contributed by atoms with van der Waals surface area (Å²) in [6.45, 7) is 0.988. The van der Waals surface area contributed by atoms with E-state index in [-0.39, 0.29) is 30.8 Å². The van der Waals surface area contributed by atoms with Crippen LogP contribution in [0.25, 0.3) is 0 Å². The molecule has 166 valence electrons. The maximum absolute atomic E-state index is 12.7. The van der Waals surface area contributed by atoms with Gasteiger partial charge in [-0.3, -0.25) is 4.79 Å². The van der Waals surface area contributed by atoms with E-state index in [4.69, 9.17) is 14.2 Å². The highest BCUT2D eigenvalue weighted by Crippen LogP contribution is 2.43. The topological polar surface area (TPSA) is 115 Å². The van der Waals surface area contributed by atoms with Crippen molar-refractivity contribution in [2.75, 3.05) is 32.3 Å². The first-order valence-electron chi connectivity index (χ1n) is 10.2. The summed E-state index contributed by atoms with van der Waals surface area (Å²) >= 11 is 0. The van der Waals surface area contributed by atoms with Crippen LogP contribution in [-0.2, 0) is 4.79 Å². The van der Waals surface area contributed by atoms with Crippen molar-refractivity contribution >= 4 is 11.9 Å². The Kier molecular flexibility index (Phi) is 6.54. The van der Waals surface area contributed by atoms with E-state index in [0.29, 0.717) is 41.8 Å². The van der Waals surface area contributed by atoms with Crippen LogP contribution in [0.3, 0.4) is 0 Å². The van der Waals surface area contributed by atoms with Gasteiger partial charge in [0.2, 0.25) is 18.6 Å². The standard InChI is InChI=1S/C23H24N4O5/c1-30-16-5-3-15(4-6-16)17(18-11-20-21(13-19(18)28)32-14-31-20)12-22(29)24-9-10-27-23-25-7-2-8-26-23/h2-8,11,13,17,28H,9-10,12,14H2,1H3,(H,24,29)(H,25,26,27). The minimum Gasteiger partial charge on any atom is -0.508 e. The van der Waals surface area contributed by atoms with Crippen LogP contribution in [0.2, 0.25) is 0 Å². The van der Waals surface area contributed by atoms with Crippen LogP contribution >= 0.6 is 0 Å². The van der Waals surface area contributed by atoms with E-state index in [1.165, 1.54) is 6.07 Å². The molecule has 0 saturated heterocycles. The Morgan fingerprint density at radius 3 is 2.56 bits per heavy atom. The van der Waals surface area contributed by atoms with Gasteiger partial charge in [-0.25, -0.2) is 9.97 Å². The Morgan fingerprint density at radius 2 is 1.84 bits per heavy atom. The number of carbonyl (C=O) groups is 1. The lowest BCUT2D eigenvalue weighted by molar-refractivity contribution is -0.121. The van der Waals surface area contributed by atoms with Crippen molar-refractivity contribution < 1.29 is 24.1 Å². The number of anilines is 1. The number of ether oxygens (including phenoxy) is 3. The van der Waals surface area contributed by atoms with Gasteiger partial charge in [-0.05, 0) is 29.8 Å². The predicted octanol–water partition coefficient (Wildman–Crippen LogP) is 2.67. The van der Waals surface area contributed by atoms with Gasteiger partial charge in [0.15, 0.2) is 11.5 Å². The van der Waals surface area contributed by atoms with Crippen molar-refractivity contribution in [2.24, 2.45) is 0 Å². The van der Waals surface area contributed by atoms with Gasteiger partial charge in [0, 0.05) is 49.5 Å². The number of aromatic nitrogens is 2. The molecule has 0 aliphatic carbocycles. The van der Waals surface area contributed by atoms with Crippen molar-refractivity contribution in [2.45, 2.75) is 12.3 Å². The van der Waals surface area contributed by atoms with Crippen LogP contribution in [0.5, 0.6) is 23.0 Å². The van der Waals surface area contributed by atoms with Crippen LogP contribution in [-0.4, -0.2) is 48.0 Å². The van der Waals surface area contributed by atoms with Crippen molar-refractivity contribution in [3.05, 3.63) is 66.0 Å². The van der Waals surface area contributed by atoms with Gasteiger partial charge in [-0.1, -0.05) is 12.1 Å². The highest BCUT2D eigenvalue weighted by atomic mass is 16.7. The highest BCUT2D eigenvalue weighted by molar-refractivity contribution is 5.78. The fourth-order valence-electron chi connectivity index (χ4n) is 3.49. The second-order valence-corrected chi connectivity index (χ2v) is 7.14. The first kappa shape index (κ1) is 21.2. The average Bonchev–Trinajstić information content (AvgIpc) is 3.28. The van der Waals surface area contributed by atoms with Gasteiger partial charge in [0.25, 0.3) is 0 Å². The van der Waals surface area contributed by atoms with Gasteiger partial charge < -0.3 is 30.0 Å². The number of nitrogens with zero attached hydrogens (tertiary/aromatic N) is 2. The van der Waals surface area contributed by atoms with E-state index in [1.807, 2.05) is 24.3 Å². The van der Waals surface area contributed by atoms with Gasteiger partial charge >= 0.3 is 0 Å². The molecule has 9 heteroatoms. The Bertz CT molecular complexity index is 1060. The molecule has 3 aromatic rings. The van der Waals surface area contributed by atoms with E-state index < -0.39 is 0 Å². The van der Waals surface area contributed by atoms with Crippen molar-refractivity contribution in [1.29, 1.82) is 0 Å². The van der Waals surface area contributed by atoms with Crippen LogP contribution < -0.4 is 24.8 Å². The molecule has 0 fully saturated rings. The fourth-order valence-corrected chi connectivity index (χ4v) is 3.49. The van der Waals surface area contributed by atoms with Crippen LogP contribution in [0.15, 0.2) is 54.9 Å². The zero-order valence-electron chi connectivity index (χ0n) is 17.6.